The second-order valence-corrected chi connectivity index (χ2v) is 4.95. The van der Waals surface area contributed by atoms with Crippen LogP contribution in [0.3, 0.4) is 0 Å². The maximum absolute atomic E-state index is 12.5. The number of nitrogens with two attached hydrogens (primary N) is 1. The van der Waals surface area contributed by atoms with Gasteiger partial charge in [0.25, 0.3) is 0 Å². The van der Waals surface area contributed by atoms with E-state index in [0.29, 0.717) is 18.0 Å². The molecule has 0 saturated heterocycles. The molecular weight excluding hydrogens is 257 g/mol. The zero-order chi connectivity index (χ0) is 14.6. The first-order valence-electron chi connectivity index (χ1n) is 6.08. The highest BCUT2D eigenvalue weighted by Crippen LogP contribution is 2.33. The molecule has 19 heavy (non-hydrogen) atoms. The number of alkyl halides is 3. The first-order chi connectivity index (χ1) is 8.74. The number of rotatable bonds is 5. The fraction of sp³-hybridized carbons (Fsp3) is 0.538. The maximum Gasteiger partial charge on any atom is 0.416 e. The van der Waals surface area contributed by atoms with Gasteiger partial charge in [0, 0.05) is 6.04 Å². The summed E-state index contributed by atoms with van der Waals surface area (Å²) in [4.78, 5) is 0. The molecule has 0 aliphatic carbocycles. The zero-order valence-electron chi connectivity index (χ0n) is 11.0. The Morgan fingerprint density at radius 3 is 2.37 bits per heavy atom. The predicted molar refractivity (Wildman–Crippen MR) is 69.8 cm³/mol. The number of hydrogen-bond acceptors (Lipinski definition) is 3. The Morgan fingerprint density at radius 2 is 1.95 bits per heavy atom. The summed E-state index contributed by atoms with van der Waals surface area (Å²) >= 11 is 0. The number of hydrogen-bond donors (Lipinski definition) is 3. The lowest BCUT2D eigenvalue weighted by Gasteiger charge is -2.21. The summed E-state index contributed by atoms with van der Waals surface area (Å²) in [5.74, 6) is 0.361. The Balaban J connectivity index is 2.85. The first-order valence-corrected chi connectivity index (χ1v) is 6.08. The van der Waals surface area contributed by atoms with Gasteiger partial charge in [-0.15, -0.1) is 0 Å². The lowest BCUT2D eigenvalue weighted by Crippen LogP contribution is -2.26. The molecule has 0 amide bonds. The number of nitrogens with one attached hydrogen (secondary N) is 1. The van der Waals surface area contributed by atoms with Crippen LogP contribution in [0.25, 0.3) is 0 Å². The Labute approximate surface area is 110 Å². The van der Waals surface area contributed by atoms with Gasteiger partial charge in [-0.1, -0.05) is 13.8 Å². The average molecular weight is 276 g/mol. The van der Waals surface area contributed by atoms with Gasteiger partial charge in [0.2, 0.25) is 0 Å². The molecule has 6 heteroatoms. The summed E-state index contributed by atoms with van der Waals surface area (Å²) in [5, 5.41) is 12.2. The van der Waals surface area contributed by atoms with Crippen LogP contribution >= 0.6 is 0 Å². The van der Waals surface area contributed by atoms with Crippen LogP contribution in [0.15, 0.2) is 18.2 Å². The highest BCUT2D eigenvalue weighted by molar-refractivity contribution is 5.67. The molecular formula is C13H19F3N2O. The molecule has 0 aliphatic rings. The second-order valence-electron chi connectivity index (χ2n) is 4.95. The van der Waals surface area contributed by atoms with E-state index in [1.807, 2.05) is 13.8 Å². The van der Waals surface area contributed by atoms with Gasteiger partial charge in [0.05, 0.1) is 23.5 Å². The number of aliphatic hydroxyl groups excluding tert-OH is 1. The Bertz CT molecular complexity index is 419. The highest BCUT2D eigenvalue weighted by Gasteiger charge is 2.30. The van der Waals surface area contributed by atoms with E-state index in [2.05, 4.69) is 5.32 Å². The molecule has 4 N–H and O–H groups in total. The van der Waals surface area contributed by atoms with Crippen LogP contribution in [0.5, 0.6) is 0 Å². The summed E-state index contributed by atoms with van der Waals surface area (Å²) in [5.41, 5.74) is 5.26. The largest absolute Gasteiger partial charge is 0.416 e. The molecule has 1 rings (SSSR count). The Hall–Kier alpha value is -1.43. The van der Waals surface area contributed by atoms with E-state index in [4.69, 9.17) is 5.73 Å². The third-order valence-corrected chi connectivity index (χ3v) is 2.71. The van der Waals surface area contributed by atoms with Crippen molar-refractivity contribution in [2.24, 2.45) is 5.92 Å². The van der Waals surface area contributed by atoms with E-state index < -0.39 is 11.7 Å². The molecule has 0 aromatic heterocycles. The number of nitrogen functional groups attached to an aromatic ring is 1. The molecule has 1 aromatic carbocycles. The standard InChI is InChI=1S/C13H19F3N2O/c1-8(2)5-10(7-19)18-12-4-3-9(6-11(12)17)13(14,15)16/h3-4,6,8,10,18-19H,5,7,17H2,1-2H3. The topological polar surface area (TPSA) is 58.3 Å². The van der Waals surface area contributed by atoms with Gasteiger partial charge in [-0.25, -0.2) is 0 Å². The number of benzene rings is 1. The third-order valence-electron chi connectivity index (χ3n) is 2.71. The number of halogens is 3. The lowest BCUT2D eigenvalue weighted by molar-refractivity contribution is -0.137. The minimum absolute atomic E-state index is 0.0250. The van der Waals surface area contributed by atoms with Gasteiger partial charge < -0.3 is 16.2 Å². The molecule has 3 nitrogen and oxygen atoms in total. The van der Waals surface area contributed by atoms with Crippen molar-refractivity contribution in [2.75, 3.05) is 17.7 Å². The lowest BCUT2D eigenvalue weighted by atomic mass is 10.0. The second kappa shape index (κ2) is 6.14. The summed E-state index contributed by atoms with van der Waals surface area (Å²) < 4.78 is 37.5. The maximum atomic E-state index is 12.5. The SMILES string of the molecule is CC(C)CC(CO)Nc1ccc(C(F)(F)F)cc1N. The van der Waals surface area contributed by atoms with Crippen molar-refractivity contribution in [1.82, 2.24) is 0 Å². The van der Waals surface area contributed by atoms with Crippen LogP contribution < -0.4 is 11.1 Å². The molecule has 0 fully saturated rings. The minimum atomic E-state index is -4.40. The van der Waals surface area contributed by atoms with Crippen molar-refractivity contribution in [3.05, 3.63) is 23.8 Å². The number of anilines is 2. The molecule has 0 radical (unpaired) electrons. The van der Waals surface area contributed by atoms with Crippen molar-refractivity contribution in [1.29, 1.82) is 0 Å². The fourth-order valence-corrected chi connectivity index (χ4v) is 1.84. The van der Waals surface area contributed by atoms with E-state index in [-0.39, 0.29) is 18.3 Å². The molecule has 0 bridgehead atoms. The van der Waals surface area contributed by atoms with Crippen LogP contribution in [0.1, 0.15) is 25.8 Å². The van der Waals surface area contributed by atoms with Gasteiger partial charge in [-0.2, -0.15) is 13.2 Å². The van der Waals surface area contributed by atoms with Crippen LogP contribution in [0.2, 0.25) is 0 Å². The van der Waals surface area contributed by atoms with Gasteiger partial charge >= 0.3 is 6.18 Å². The molecule has 108 valence electrons. The van der Waals surface area contributed by atoms with E-state index in [0.717, 1.165) is 12.1 Å². The summed E-state index contributed by atoms with van der Waals surface area (Å²) in [6, 6.07) is 2.94. The summed E-state index contributed by atoms with van der Waals surface area (Å²) in [7, 11) is 0. The Kier molecular flexibility index (Phi) is 5.05. The van der Waals surface area contributed by atoms with Gasteiger partial charge in [0.15, 0.2) is 0 Å². The van der Waals surface area contributed by atoms with E-state index in [1.54, 1.807) is 0 Å². The number of aliphatic hydroxyl groups is 1. The van der Waals surface area contributed by atoms with Crippen LogP contribution in [0, 0.1) is 5.92 Å². The monoisotopic (exact) mass is 276 g/mol. The molecule has 1 aromatic rings. The van der Waals surface area contributed by atoms with E-state index >= 15 is 0 Å². The van der Waals surface area contributed by atoms with Crippen molar-refractivity contribution in [3.8, 4) is 0 Å². The molecule has 1 atom stereocenters. The smallest absolute Gasteiger partial charge is 0.397 e. The molecule has 0 aliphatic heterocycles. The molecule has 0 heterocycles. The molecule has 0 saturated carbocycles. The fourth-order valence-electron chi connectivity index (χ4n) is 1.84. The molecule has 0 spiro atoms. The van der Waals surface area contributed by atoms with Crippen molar-refractivity contribution >= 4 is 11.4 Å². The van der Waals surface area contributed by atoms with Gasteiger partial charge in [-0.05, 0) is 30.5 Å². The van der Waals surface area contributed by atoms with Crippen molar-refractivity contribution in [2.45, 2.75) is 32.5 Å². The van der Waals surface area contributed by atoms with Crippen LogP contribution in [-0.2, 0) is 6.18 Å². The normalized spacial score (nSPS) is 13.6. The van der Waals surface area contributed by atoms with E-state index in [9.17, 15) is 18.3 Å². The van der Waals surface area contributed by atoms with Crippen LogP contribution in [0.4, 0.5) is 24.5 Å². The van der Waals surface area contributed by atoms with Gasteiger partial charge in [-0.3, -0.25) is 0 Å². The predicted octanol–water partition coefficient (Wildman–Crippen LogP) is 3.11. The quantitative estimate of drug-likeness (QED) is 0.724. The van der Waals surface area contributed by atoms with Crippen LogP contribution in [-0.4, -0.2) is 17.8 Å². The minimum Gasteiger partial charge on any atom is -0.397 e. The zero-order valence-corrected chi connectivity index (χ0v) is 11.0. The Morgan fingerprint density at radius 1 is 1.32 bits per heavy atom. The van der Waals surface area contributed by atoms with E-state index in [1.165, 1.54) is 6.07 Å². The third kappa shape index (κ3) is 4.63. The average Bonchev–Trinajstić information content (AvgIpc) is 2.28. The van der Waals surface area contributed by atoms with Crippen molar-refractivity contribution < 1.29 is 18.3 Å². The van der Waals surface area contributed by atoms with Crippen molar-refractivity contribution in [3.63, 3.8) is 0 Å². The summed E-state index contributed by atoms with van der Waals surface area (Å²) in [6.45, 7) is 3.90. The molecule has 1 unspecified atom stereocenters. The highest BCUT2D eigenvalue weighted by atomic mass is 19.4. The van der Waals surface area contributed by atoms with Gasteiger partial charge in [0.1, 0.15) is 0 Å². The first kappa shape index (κ1) is 15.6. The summed E-state index contributed by atoms with van der Waals surface area (Å²) in [6.07, 6.45) is -3.70.